The van der Waals surface area contributed by atoms with E-state index < -0.39 is 29.9 Å². The van der Waals surface area contributed by atoms with Gasteiger partial charge in [0.2, 0.25) is 6.17 Å². The fourth-order valence-electron chi connectivity index (χ4n) is 0.747. The van der Waals surface area contributed by atoms with E-state index in [2.05, 4.69) is 4.98 Å². The lowest BCUT2D eigenvalue weighted by Crippen LogP contribution is -2.08. The zero-order valence-corrected chi connectivity index (χ0v) is 8.08. The summed E-state index contributed by atoms with van der Waals surface area (Å²) < 4.78 is 60.7. The highest BCUT2D eigenvalue weighted by atomic mass is 35.5. The zero-order chi connectivity index (χ0) is 10.0. The molecular formula is C7H8ClF5N2. The molecule has 0 radical (unpaired) electrons. The number of halogens is 6. The third-order valence-electron chi connectivity index (χ3n) is 1.32. The molecule has 0 aliphatic carbocycles. The summed E-state index contributed by atoms with van der Waals surface area (Å²) in [6, 6.07) is 0.303. The van der Waals surface area contributed by atoms with Crippen molar-refractivity contribution in [3.63, 3.8) is 0 Å². The Morgan fingerprint density at radius 2 is 1.67 bits per heavy atom. The van der Waals surface area contributed by atoms with Crippen LogP contribution in [0.25, 0.3) is 0 Å². The highest BCUT2D eigenvalue weighted by Crippen LogP contribution is 2.24. The molecule has 1 atom stereocenters. The van der Waals surface area contributed by atoms with Crippen LogP contribution < -0.4 is 6.15 Å². The van der Waals surface area contributed by atoms with Crippen molar-refractivity contribution in [3.05, 3.63) is 29.6 Å². The molecule has 0 saturated heterocycles. The van der Waals surface area contributed by atoms with Gasteiger partial charge in [0.15, 0.2) is 5.82 Å². The van der Waals surface area contributed by atoms with Gasteiger partial charge in [-0.15, -0.1) is 12.4 Å². The summed E-state index contributed by atoms with van der Waals surface area (Å²) in [5.41, 5.74) is -1.07. The Labute approximate surface area is 88.5 Å². The molecule has 0 aliphatic rings. The molecule has 1 heterocycles. The average molecular weight is 251 g/mol. The second-order valence-corrected chi connectivity index (χ2v) is 2.26. The lowest BCUT2D eigenvalue weighted by Gasteiger charge is -2.06. The first-order valence-corrected chi connectivity index (χ1v) is 3.25. The molecule has 1 rings (SSSR count). The molecule has 88 valence electrons. The van der Waals surface area contributed by atoms with Crippen LogP contribution in [0, 0.1) is 11.6 Å². The molecule has 0 bridgehead atoms. The molecule has 0 saturated carbocycles. The van der Waals surface area contributed by atoms with E-state index in [1.807, 2.05) is 0 Å². The average Bonchev–Trinajstić information content (AvgIpc) is 2.03. The Hall–Kier alpha value is -0.950. The van der Waals surface area contributed by atoms with Crippen LogP contribution in [0.5, 0.6) is 0 Å². The summed E-state index contributed by atoms with van der Waals surface area (Å²) in [5, 5.41) is 0. The quantitative estimate of drug-likeness (QED) is 0.819. The standard InChI is InChI=1S/C7H4F5N.ClH.H3N/c8-3-1-4(9)6(13-2-3)5(10)7(11)12;;/h1-2,5,7H;1H;1H3/t5-;;/m1../s1. The summed E-state index contributed by atoms with van der Waals surface area (Å²) in [7, 11) is 0. The maximum atomic E-state index is 12.6. The van der Waals surface area contributed by atoms with E-state index in [9.17, 15) is 22.0 Å². The van der Waals surface area contributed by atoms with Crippen LogP contribution in [-0.4, -0.2) is 11.4 Å². The van der Waals surface area contributed by atoms with Gasteiger partial charge >= 0.3 is 0 Å². The number of nitrogens with zero attached hydrogens (tertiary/aromatic N) is 1. The molecule has 0 unspecified atom stereocenters. The summed E-state index contributed by atoms with van der Waals surface area (Å²) in [5.74, 6) is -2.45. The van der Waals surface area contributed by atoms with Gasteiger partial charge in [-0.1, -0.05) is 0 Å². The van der Waals surface area contributed by atoms with Gasteiger partial charge in [-0.05, 0) is 0 Å². The topological polar surface area (TPSA) is 47.9 Å². The van der Waals surface area contributed by atoms with E-state index in [-0.39, 0.29) is 18.6 Å². The predicted molar refractivity (Wildman–Crippen MR) is 46.3 cm³/mol. The van der Waals surface area contributed by atoms with Crippen molar-refractivity contribution in [2.75, 3.05) is 0 Å². The molecule has 1 aromatic heterocycles. The van der Waals surface area contributed by atoms with Gasteiger partial charge in [-0.25, -0.2) is 22.0 Å². The third kappa shape index (κ3) is 3.96. The fourth-order valence-corrected chi connectivity index (χ4v) is 0.747. The number of hydrogen-bond acceptors (Lipinski definition) is 2. The number of pyridine rings is 1. The fraction of sp³-hybridized carbons (Fsp3) is 0.286. The van der Waals surface area contributed by atoms with Crippen LogP contribution in [0.3, 0.4) is 0 Å². The van der Waals surface area contributed by atoms with Gasteiger partial charge in [0, 0.05) is 6.07 Å². The van der Waals surface area contributed by atoms with Crippen LogP contribution in [0.2, 0.25) is 0 Å². The number of rotatable bonds is 2. The van der Waals surface area contributed by atoms with Gasteiger partial charge in [0.25, 0.3) is 6.43 Å². The van der Waals surface area contributed by atoms with E-state index in [1.165, 1.54) is 0 Å². The van der Waals surface area contributed by atoms with Crippen molar-refractivity contribution in [2.45, 2.75) is 12.6 Å². The third-order valence-corrected chi connectivity index (χ3v) is 1.32. The molecule has 1 aromatic rings. The molecule has 15 heavy (non-hydrogen) atoms. The van der Waals surface area contributed by atoms with E-state index >= 15 is 0 Å². The Bertz CT molecular complexity index is 309. The Balaban J connectivity index is 0. The maximum Gasteiger partial charge on any atom is 0.275 e. The van der Waals surface area contributed by atoms with Crippen molar-refractivity contribution >= 4 is 12.4 Å². The first-order valence-electron chi connectivity index (χ1n) is 3.25. The summed E-state index contributed by atoms with van der Waals surface area (Å²) >= 11 is 0. The van der Waals surface area contributed by atoms with Crippen molar-refractivity contribution in [1.82, 2.24) is 11.1 Å². The minimum absolute atomic E-state index is 0. The van der Waals surface area contributed by atoms with Crippen LogP contribution in [0.1, 0.15) is 11.9 Å². The molecule has 0 aliphatic heterocycles. The minimum Gasteiger partial charge on any atom is -0.344 e. The zero-order valence-electron chi connectivity index (χ0n) is 7.26. The van der Waals surface area contributed by atoms with Crippen LogP contribution >= 0.6 is 12.4 Å². The van der Waals surface area contributed by atoms with Crippen molar-refractivity contribution in [1.29, 1.82) is 0 Å². The van der Waals surface area contributed by atoms with Crippen LogP contribution in [0.15, 0.2) is 12.3 Å². The second kappa shape index (κ2) is 6.52. The van der Waals surface area contributed by atoms with Crippen molar-refractivity contribution in [2.24, 2.45) is 0 Å². The molecule has 0 fully saturated rings. The highest BCUT2D eigenvalue weighted by molar-refractivity contribution is 5.85. The molecular weight excluding hydrogens is 243 g/mol. The molecule has 0 spiro atoms. The van der Waals surface area contributed by atoms with E-state index in [1.54, 1.807) is 0 Å². The van der Waals surface area contributed by atoms with E-state index in [0.717, 1.165) is 0 Å². The molecule has 2 nitrogen and oxygen atoms in total. The Kier molecular flexibility index (Phi) is 7.16. The summed E-state index contributed by atoms with van der Waals surface area (Å²) in [4.78, 5) is 2.89. The number of hydrogen-bond donors (Lipinski definition) is 1. The summed E-state index contributed by atoms with van der Waals surface area (Å²) in [6.45, 7) is 0. The number of alkyl halides is 3. The SMILES string of the molecule is Cl.Fc1cnc([C@@H](F)C(F)F)c(F)c1.N. The van der Waals surface area contributed by atoms with Gasteiger partial charge in [-0.3, -0.25) is 4.98 Å². The largest absolute Gasteiger partial charge is 0.344 e. The van der Waals surface area contributed by atoms with Gasteiger partial charge in [0.1, 0.15) is 11.5 Å². The number of aromatic nitrogens is 1. The first-order chi connectivity index (χ1) is 6.02. The molecule has 0 aromatic carbocycles. The predicted octanol–water partition coefficient (Wildman–Crippen LogP) is 3.22. The molecule has 0 amide bonds. The van der Waals surface area contributed by atoms with Gasteiger partial charge in [-0.2, -0.15) is 0 Å². The van der Waals surface area contributed by atoms with Crippen molar-refractivity contribution in [3.8, 4) is 0 Å². The molecule has 8 heteroatoms. The normalized spacial score (nSPS) is 11.6. The Morgan fingerprint density at radius 1 is 1.13 bits per heavy atom. The Morgan fingerprint density at radius 3 is 2.07 bits per heavy atom. The van der Waals surface area contributed by atoms with E-state index in [0.29, 0.717) is 12.3 Å². The molecule has 3 N–H and O–H groups in total. The lowest BCUT2D eigenvalue weighted by molar-refractivity contribution is 0.0450. The van der Waals surface area contributed by atoms with Crippen LogP contribution in [0.4, 0.5) is 22.0 Å². The van der Waals surface area contributed by atoms with Crippen LogP contribution in [-0.2, 0) is 0 Å². The minimum atomic E-state index is -3.37. The monoisotopic (exact) mass is 250 g/mol. The van der Waals surface area contributed by atoms with E-state index in [4.69, 9.17) is 0 Å². The summed E-state index contributed by atoms with van der Waals surface area (Å²) in [6.07, 6.45) is -5.71. The second-order valence-electron chi connectivity index (χ2n) is 2.26. The first kappa shape index (κ1) is 16.5. The van der Waals surface area contributed by atoms with Crippen molar-refractivity contribution < 1.29 is 22.0 Å². The smallest absolute Gasteiger partial charge is 0.275 e. The van der Waals surface area contributed by atoms with Gasteiger partial charge < -0.3 is 6.15 Å². The van der Waals surface area contributed by atoms with Gasteiger partial charge in [0.05, 0.1) is 6.20 Å². The highest BCUT2D eigenvalue weighted by Gasteiger charge is 2.26. The maximum absolute atomic E-state index is 12.6. The lowest BCUT2D eigenvalue weighted by atomic mass is 10.2.